The van der Waals surface area contributed by atoms with E-state index < -0.39 is 5.91 Å². The van der Waals surface area contributed by atoms with Crippen LogP contribution < -0.4 is 10.6 Å². The summed E-state index contributed by atoms with van der Waals surface area (Å²) in [5.41, 5.74) is 5.44. The second-order valence-corrected chi connectivity index (χ2v) is 11.5. The molecular weight excluding hydrogens is 554 g/mol. The first kappa shape index (κ1) is 28.2. The molecule has 43 heavy (non-hydrogen) atoms. The molecule has 2 N–H and O–H groups in total. The number of hydrogen-bond acceptors (Lipinski definition) is 4. The average molecular weight is 586 g/mol. The van der Waals surface area contributed by atoms with Crippen LogP contribution in [0.25, 0.3) is 17.0 Å². The molecule has 7 heteroatoms. The van der Waals surface area contributed by atoms with Crippen molar-refractivity contribution in [3.8, 4) is 0 Å². The van der Waals surface area contributed by atoms with E-state index in [0.29, 0.717) is 17.0 Å². The van der Waals surface area contributed by atoms with Gasteiger partial charge in [-0.2, -0.15) is 0 Å². The fraction of sp³-hybridized carbons (Fsp3) is 0.139. The molecule has 0 spiro atoms. The summed E-state index contributed by atoms with van der Waals surface area (Å²) in [5, 5.41) is 6.84. The van der Waals surface area contributed by atoms with Crippen molar-refractivity contribution in [1.82, 2.24) is 9.88 Å². The van der Waals surface area contributed by atoms with E-state index in [9.17, 15) is 14.4 Å². The molecule has 0 atom stereocenters. The third-order valence-corrected chi connectivity index (χ3v) is 8.54. The lowest BCUT2D eigenvalue weighted by Gasteiger charge is -2.15. The summed E-state index contributed by atoms with van der Waals surface area (Å²) in [5.74, 6) is -0.419. The van der Waals surface area contributed by atoms with Crippen molar-refractivity contribution in [2.45, 2.75) is 30.6 Å². The first-order valence-electron chi connectivity index (χ1n) is 14.4. The third kappa shape index (κ3) is 6.47. The van der Waals surface area contributed by atoms with E-state index in [2.05, 4.69) is 16.7 Å². The van der Waals surface area contributed by atoms with Crippen molar-refractivity contribution in [2.24, 2.45) is 0 Å². The van der Waals surface area contributed by atoms with E-state index in [4.69, 9.17) is 0 Å². The van der Waals surface area contributed by atoms with Gasteiger partial charge in [0.25, 0.3) is 11.8 Å². The quantitative estimate of drug-likeness (QED) is 0.147. The molecule has 0 radical (unpaired) electrons. The molecule has 0 aliphatic heterocycles. The minimum absolute atomic E-state index is 0.0755. The SMILES string of the molecule is O=C(Nc1ccc(SCC(=O)n2c3c(c4ccccc42)CCCC3)cc1)/C(=C/c1ccccc1)NC(=O)c1ccccc1. The van der Waals surface area contributed by atoms with Gasteiger partial charge in [-0.1, -0.05) is 66.7 Å². The molecule has 5 aromatic rings. The number of carbonyl (C=O) groups is 3. The van der Waals surface area contributed by atoms with Gasteiger partial charge < -0.3 is 10.6 Å². The highest BCUT2D eigenvalue weighted by Crippen LogP contribution is 2.33. The number of benzene rings is 4. The zero-order valence-corrected chi connectivity index (χ0v) is 24.4. The van der Waals surface area contributed by atoms with Crippen molar-refractivity contribution in [3.05, 3.63) is 137 Å². The number of carbonyl (C=O) groups excluding carboxylic acids is 3. The van der Waals surface area contributed by atoms with Crippen LogP contribution in [0.4, 0.5) is 5.69 Å². The first-order chi connectivity index (χ1) is 21.1. The Labute approximate surface area is 254 Å². The molecule has 1 aliphatic carbocycles. The predicted molar refractivity (Wildman–Crippen MR) is 173 cm³/mol. The average Bonchev–Trinajstić information content (AvgIpc) is 3.39. The lowest BCUT2D eigenvalue weighted by atomic mass is 9.96. The number of aromatic nitrogens is 1. The standard InChI is InChI=1S/C36H31N3O3S/c40-34(39-32-17-9-7-15-29(32)30-16-8-10-18-33(30)39)24-43-28-21-19-27(20-22-28)37-36(42)31(23-25-11-3-1-4-12-25)38-35(41)26-13-5-2-6-14-26/h1-7,9,11-15,17,19-23H,8,10,16,18,24H2,(H,37,42)(H,38,41)/b31-23-. The Bertz CT molecular complexity index is 1810. The molecule has 1 aliphatic rings. The Kier molecular flexibility index (Phi) is 8.52. The number of anilines is 1. The van der Waals surface area contributed by atoms with Crippen LogP contribution >= 0.6 is 11.8 Å². The third-order valence-electron chi connectivity index (χ3n) is 7.54. The second-order valence-electron chi connectivity index (χ2n) is 10.4. The first-order valence-corrected chi connectivity index (χ1v) is 15.4. The maximum absolute atomic E-state index is 13.4. The van der Waals surface area contributed by atoms with Gasteiger partial charge in [-0.15, -0.1) is 11.8 Å². The minimum atomic E-state index is -0.437. The van der Waals surface area contributed by atoms with Gasteiger partial charge in [0.2, 0.25) is 5.91 Å². The molecule has 0 unspecified atom stereocenters. The van der Waals surface area contributed by atoms with Gasteiger partial charge in [0, 0.05) is 27.2 Å². The highest BCUT2D eigenvalue weighted by molar-refractivity contribution is 8.00. The van der Waals surface area contributed by atoms with Gasteiger partial charge in [0.05, 0.1) is 11.3 Å². The molecule has 214 valence electrons. The zero-order valence-electron chi connectivity index (χ0n) is 23.6. The lowest BCUT2D eigenvalue weighted by Crippen LogP contribution is -2.30. The summed E-state index contributed by atoms with van der Waals surface area (Å²) in [6.45, 7) is 0. The smallest absolute Gasteiger partial charge is 0.272 e. The fourth-order valence-corrected chi connectivity index (χ4v) is 6.23. The number of fused-ring (bicyclic) bond motifs is 3. The molecule has 0 fully saturated rings. The minimum Gasteiger partial charge on any atom is -0.321 e. The van der Waals surface area contributed by atoms with Gasteiger partial charge in [-0.25, -0.2) is 0 Å². The van der Waals surface area contributed by atoms with Crippen LogP contribution in [0.5, 0.6) is 0 Å². The summed E-state index contributed by atoms with van der Waals surface area (Å²) in [4.78, 5) is 40.5. The maximum atomic E-state index is 13.4. The van der Waals surface area contributed by atoms with Crippen molar-refractivity contribution in [2.75, 3.05) is 11.1 Å². The number of aryl methyl sites for hydroxylation is 1. The van der Waals surface area contributed by atoms with Gasteiger partial charge in [0.1, 0.15) is 5.70 Å². The van der Waals surface area contributed by atoms with Crippen molar-refractivity contribution in [3.63, 3.8) is 0 Å². The molecule has 6 rings (SSSR count). The van der Waals surface area contributed by atoms with Crippen LogP contribution in [0.15, 0.2) is 120 Å². The van der Waals surface area contributed by atoms with E-state index in [-0.39, 0.29) is 17.5 Å². The Morgan fingerprint density at radius 2 is 1.44 bits per heavy atom. The van der Waals surface area contributed by atoms with Crippen molar-refractivity contribution >= 4 is 52.1 Å². The molecule has 0 saturated heterocycles. The highest BCUT2D eigenvalue weighted by Gasteiger charge is 2.23. The van der Waals surface area contributed by atoms with Gasteiger partial charge >= 0.3 is 0 Å². The number of hydrogen-bond donors (Lipinski definition) is 2. The maximum Gasteiger partial charge on any atom is 0.272 e. The topological polar surface area (TPSA) is 80.2 Å². The van der Waals surface area contributed by atoms with Crippen LogP contribution in [0.2, 0.25) is 0 Å². The number of rotatable bonds is 8. The summed E-state index contributed by atoms with van der Waals surface area (Å²) in [6.07, 6.45) is 5.87. The molecule has 6 nitrogen and oxygen atoms in total. The van der Waals surface area contributed by atoms with E-state index in [0.717, 1.165) is 47.4 Å². The summed E-state index contributed by atoms with van der Waals surface area (Å²) >= 11 is 1.48. The highest BCUT2D eigenvalue weighted by atomic mass is 32.2. The zero-order chi connectivity index (χ0) is 29.6. The number of nitrogens with one attached hydrogen (secondary N) is 2. The van der Waals surface area contributed by atoms with Gasteiger partial charge in [-0.3, -0.25) is 19.0 Å². The molecule has 4 aromatic carbocycles. The number of nitrogens with zero attached hydrogens (tertiary/aromatic N) is 1. The number of para-hydroxylation sites is 1. The Morgan fingerprint density at radius 1 is 0.767 bits per heavy atom. The van der Waals surface area contributed by atoms with E-state index in [1.54, 1.807) is 42.5 Å². The molecule has 2 amide bonds. The Balaban J connectivity index is 1.13. The van der Waals surface area contributed by atoms with Crippen LogP contribution in [-0.4, -0.2) is 28.0 Å². The number of thioether (sulfide) groups is 1. The normalized spacial score (nSPS) is 12.9. The fourth-order valence-electron chi connectivity index (χ4n) is 5.48. The van der Waals surface area contributed by atoms with Crippen LogP contribution in [0.3, 0.4) is 0 Å². The predicted octanol–water partition coefficient (Wildman–Crippen LogP) is 7.36. The molecular formula is C36H31N3O3S. The van der Waals surface area contributed by atoms with Crippen LogP contribution in [0, 0.1) is 0 Å². The molecule has 0 bridgehead atoms. The number of amides is 2. The van der Waals surface area contributed by atoms with E-state index >= 15 is 0 Å². The molecule has 1 aromatic heterocycles. The summed E-state index contributed by atoms with van der Waals surface area (Å²) < 4.78 is 1.93. The van der Waals surface area contributed by atoms with E-state index in [1.165, 1.54) is 22.7 Å². The Morgan fingerprint density at radius 3 is 2.21 bits per heavy atom. The summed E-state index contributed by atoms with van der Waals surface area (Å²) in [7, 11) is 0. The van der Waals surface area contributed by atoms with Crippen molar-refractivity contribution < 1.29 is 14.4 Å². The monoisotopic (exact) mass is 585 g/mol. The molecule has 1 heterocycles. The summed E-state index contributed by atoms with van der Waals surface area (Å²) in [6, 6.07) is 33.7. The van der Waals surface area contributed by atoms with E-state index in [1.807, 2.05) is 71.3 Å². The van der Waals surface area contributed by atoms with Gasteiger partial charge in [0.15, 0.2) is 0 Å². The molecule has 0 saturated carbocycles. The van der Waals surface area contributed by atoms with Crippen molar-refractivity contribution in [1.29, 1.82) is 0 Å². The second kappa shape index (κ2) is 13.0. The van der Waals surface area contributed by atoms with Crippen LogP contribution in [-0.2, 0) is 17.6 Å². The lowest BCUT2D eigenvalue weighted by molar-refractivity contribution is -0.113. The van der Waals surface area contributed by atoms with Gasteiger partial charge in [-0.05, 0) is 85.4 Å². The van der Waals surface area contributed by atoms with Crippen LogP contribution in [0.1, 0.15) is 44.8 Å². The largest absolute Gasteiger partial charge is 0.321 e. The Hall–Kier alpha value is -4.88.